The van der Waals surface area contributed by atoms with E-state index < -0.39 is 0 Å². The van der Waals surface area contributed by atoms with Crippen molar-refractivity contribution in [3.63, 3.8) is 0 Å². The van der Waals surface area contributed by atoms with Crippen molar-refractivity contribution in [3.05, 3.63) is 22.6 Å². The van der Waals surface area contributed by atoms with Gasteiger partial charge < -0.3 is 14.6 Å². The fraction of sp³-hybridized carbons (Fsp3) is 0.667. The molecule has 1 aromatic rings. The van der Waals surface area contributed by atoms with E-state index in [0.29, 0.717) is 0 Å². The summed E-state index contributed by atoms with van der Waals surface area (Å²) in [6.07, 6.45) is 4.14. The third-order valence-corrected chi connectivity index (χ3v) is 3.41. The molecule has 1 N–H and O–H groups in total. The second kappa shape index (κ2) is 6.42. The summed E-state index contributed by atoms with van der Waals surface area (Å²) in [6, 6.07) is 3.93. The zero-order valence-corrected chi connectivity index (χ0v) is 11.1. The van der Waals surface area contributed by atoms with Crippen LogP contribution in [0.5, 0.6) is 0 Å². The number of piperidine rings is 1. The van der Waals surface area contributed by atoms with E-state index in [4.69, 9.17) is 4.42 Å². The first-order valence-electron chi connectivity index (χ1n) is 6.02. The molecule has 0 atom stereocenters. The lowest BCUT2D eigenvalue weighted by Crippen LogP contribution is -2.35. The van der Waals surface area contributed by atoms with Gasteiger partial charge in [-0.25, -0.2) is 0 Å². The second-order valence-corrected chi connectivity index (χ2v) is 5.07. The van der Waals surface area contributed by atoms with Gasteiger partial charge in [0.25, 0.3) is 0 Å². The van der Waals surface area contributed by atoms with Crippen molar-refractivity contribution in [3.8, 4) is 0 Å². The summed E-state index contributed by atoms with van der Waals surface area (Å²) < 4.78 is 6.22. The van der Waals surface area contributed by atoms with E-state index in [1.54, 1.807) is 0 Å². The number of nitrogens with one attached hydrogen (secondary N) is 1. The molecule has 2 rings (SSSR count). The summed E-state index contributed by atoms with van der Waals surface area (Å²) in [4.78, 5) is 2.54. The van der Waals surface area contributed by atoms with Crippen LogP contribution in [0.15, 0.2) is 21.2 Å². The number of likely N-dealkylation sites (tertiary alicyclic amines) is 1. The van der Waals surface area contributed by atoms with Gasteiger partial charge in [-0.05, 0) is 54.0 Å². The molecule has 1 saturated heterocycles. The molecule has 2 heterocycles. The van der Waals surface area contributed by atoms with E-state index in [0.717, 1.165) is 30.1 Å². The van der Waals surface area contributed by atoms with Gasteiger partial charge in [0.2, 0.25) is 0 Å². The second-order valence-electron chi connectivity index (χ2n) is 4.28. The van der Waals surface area contributed by atoms with E-state index in [1.165, 1.54) is 32.4 Å². The lowest BCUT2D eigenvalue weighted by atomic mass is 10.1. The molecular formula is C12H19BrN2O. The minimum Gasteiger partial charge on any atom is -0.453 e. The van der Waals surface area contributed by atoms with E-state index in [2.05, 4.69) is 26.1 Å². The number of hydrogen-bond donors (Lipinski definition) is 1. The van der Waals surface area contributed by atoms with Gasteiger partial charge in [0, 0.05) is 13.1 Å². The van der Waals surface area contributed by atoms with Gasteiger partial charge in [-0.2, -0.15) is 0 Å². The van der Waals surface area contributed by atoms with Gasteiger partial charge in [-0.15, -0.1) is 0 Å². The van der Waals surface area contributed by atoms with Crippen molar-refractivity contribution in [1.82, 2.24) is 10.2 Å². The Morgan fingerprint density at radius 2 is 2.06 bits per heavy atom. The Labute approximate surface area is 105 Å². The molecule has 90 valence electrons. The maximum Gasteiger partial charge on any atom is 0.169 e. The Morgan fingerprint density at radius 1 is 1.25 bits per heavy atom. The number of hydrogen-bond acceptors (Lipinski definition) is 3. The highest BCUT2D eigenvalue weighted by atomic mass is 79.9. The Hall–Kier alpha value is -0.320. The summed E-state index contributed by atoms with van der Waals surface area (Å²) in [7, 11) is 0. The van der Waals surface area contributed by atoms with Crippen molar-refractivity contribution in [2.45, 2.75) is 25.8 Å². The smallest absolute Gasteiger partial charge is 0.169 e. The van der Waals surface area contributed by atoms with Gasteiger partial charge in [0.1, 0.15) is 5.76 Å². The summed E-state index contributed by atoms with van der Waals surface area (Å²) in [5.41, 5.74) is 0. The van der Waals surface area contributed by atoms with Gasteiger partial charge in [0.15, 0.2) is 4.67 Å². The highest BCUT2D eigenvalue weighted by molar-refractivity contribution is 9.10. The molecule has 16 heavy (non-hydrogen) atoms. The standard InChI is InChI=1S/C12H19BrN2O/c13-12-5-4-11(16-12)10-14-6-9-15-7-2-1-3-8-15/h4-5,14H,1-3,6-10H2. The molecule has 0 bridgehead atoms. The van der Waals surface area contributed by atoms with Gasteiger partial charge in [-0.1, -0.05) is 6.42 Å². The highest BCUT2D eigenvalue weighted by Gasteiger charge is 2.08. The van der Waals surface area contributed by atoms with E-state index in [-0.39, 0.29) is 0 Å². The van der Waals surface area contributed by atoms with E-state index in [9.17, 15) is 0 Å². The van der Waals surface area contributed by atoms with Crippen LogP contribution in [0.1, 0.15) is 25.0 Å². The predicted molar refractivity (Wildman–Crippen MR) is 68.4 cm³/mol. The predicted octanol–water partition coefficient (Wildman–Crippen LogP) is 2.62. The minimum absolute atomic E-state index is 0.806. The van der Waals surface area contributed by atoms with Crippen LogP contribution in [0.3, 0.4) is 0 Å². The Bertz CT molecular complexity index is 308. The monoisotopic (exact) mass is 286 g/mol. The molecule has 0 unspecified atom stereocenters. The van der Waals surface area contributed by atoms with Crippen LogP contribution in [0.2, 0.25) is 0 Å². The molecule has 0 aromatic carbocycles. The Kier molecular flexibility index (Phi) is 4.88. The van der Waals surface area contributed by atoms with Crippen LogP contribution in [0, 0.1) is 0 Å². The first-order valence-corrected chi connectivity index (χ1v) is 6.81. The Balaban J connectivity index is 1.57. The first-order chi connectivity index (χ1) is 7.84. The van der Waals surface area contributed by atoms with Crippen molar-refractivity contribution in [1.29, 1.82) is 0 Å². The number of furan rings is 1. The molecule has 3 nitrogen and oxygen atoms in total. The average Bonchev–Trinajstić information content (AvgIpc) is 2.72. The molecule has 0 spiro atoms. The van der Waals surface area contributed by atoms with Crippen LogP contribution < -0.4 is 5.32 Å². The normalized spacial score (nSPS) is 17.8. The van der Waals surface area contributed by atoms with E-state index >= 15 is 0 Å². The maximum atomic E-state index is 5.42. The number of rotatable bonds is 5. The van der Waals surface area contributed by atoms with Crippen LogP contribution in [-0.4, -0.2) is 31.1 Å². The zero-order valence-electron chi connectivity index (χ0n) is 9.54. The molecule has 1 aliphatic rings. The summed E-state index contributed by atoms with van der Waals surface area (Å²) in [5, 5.41) is 3.41. The van der Waals surface area contributed by atoms with E-state index in [1.807, 2.05) is 12.1 Å². The molecule has 1 aliphatic heterocycles. The molecule has 4 heteroatoms. The third-order valence-electron chi connectivity index (χ3n) is 2.98. The lowest BCUT2D eigenvalue weighted by molar-refractivity contribution is 0.228. The number of nitrogens with zero attached hydrogens (tertiary/aromatic N) is 1. The summed E-state index contributed by atoms with van der Waals surface area (Å²) in [5.74, 6) is 0.991. The fourth-order valence-corrected chi connectivity index (χ4v) is 2.42. The van der Waals surface area contributed by atoms with Crippen LogP contribution in [0.4, 0.5) is 0 Å². The molecule has 1 aromatic heterocycles. The summed E-state index contributed by atoms with van der Waals surface area (Å²) in [6.45, 7) is 5.56. The molecular weight excluding hydrogens is 268 g/mol. The van der Waals surface area contributed by atoms with Gasteiger partial charge in [0.05, 0.1) is 6.54 Å². The largest absolute Gasteiger partial charge is 0.453 e. The maximum absolute atomic E-state index is 5.42. The molecule has 0 saturated carbocycles. The fourth-order valence-electron chi connectivity index (χ4n) is 2.08. The quantitative estimate of drug-likeness (QED) is 0.844. The van der Waals surface area contributed by atoms with Crippen molar-refractivity contribution in [2.75, 3.05) is 26.2 Å². The van der Waals surface area contributed by atoms with Gasteiger partial charge >= 0.3 is 0 Å². The molecule has 0 aliphatic carbocycles. The summed E-state index contributed by atoms with van der Waals surface area (Å²) >= 11 is 3.30. The number of halogens is 1. The average molecular weight is 287 g/mol. The zero-order chi connectivity index (χ0) is 11.2. The Morgan fingerprint density at radius 3 is 2.75 bits per heavy atom. The van der Waals surface area contributed by atoms with Crippen molar-refractivity contribution >= 4 is 15.9 Å². The van der Waals surface area contributed by atoms with Gasteiger partial charge in [-0.3, -0.25) is 0 Å². The lowest BCUT2D eigenvalue weighted by Gasteiger charge is -2.26. The molecule has 0 radical (unpaired) electrons. The van der Waals surface area contributed by atoms with Crippen molar-refractivity contribution < 1.29 is 4.42 Å². The molecule has 0 amide bonds. The highest BCUT2D eigenvalue weighted by Crippen LogP contribution is 2.13. The van der Waals surface area contributed by atoms with Crippen LogP contribution >= 0.6 is 15.9 Å². The van der Waals surface area contributed by atoms with Crippen LogP contribution in [-0.2, 0) is 6.54 Å². The topological polar surface area (TPSA) is 28.4 Å². The van der Waals surface area contributed by atoms with Crippen molar-refractivity contribution in [2.24, 2.45) is 0 Å². The first kappa shape index (κ1) is 12.1. The third kappa shape index (κ3) is 3.92. The SMILES string of the molecule is Brc1ccc(CNCCN2CCCCC2)o1. The minimum atomic E-state index is 0.806. The molecule has 1 fully saturated rings. The van der Waals surface area contributed by atoms with Crippen LogP contribution in [0.25, 0.3) is 0 Å².